The van der Waals surface area contributed by atoms with Crippen LogP contribution in [0.2, 0.25) is 0 Å². The summed E-state index contributed by atoms with van der Waals surface area (Å²) in [7, 11) is 2.31. The Hall–Kier alpha value is -0.340. The van der Waals surface area contributed by atoms with Gasteiger partial charge in [-0.15, -0.1) is 0 Å². The number of hydrogen-bond donors (Lipinski definition) is 0. The van der Waals surface area contributed by atoms with Crippen molar-refractivity contribution in [1.82, 2.24) is 9.80 Å². The lowest BCUT2D eigenvalue weighted by molar-refractivity contribution is -0.0115. The fourth-order valence-corrected chi connectivity index (χ4v) is 5.70. The van der Waals surface area contributed by atoms with Crippen LogP contribution in [0.15, 0.2) is 11.1 Å². The van der Waals surface area contributed by atoms with E-state index >= 15 is 0 Å². The summed E-state index contributed by atoms with van der Waals surface area (Å²) in [5, 5.41) is 0. The van der Waals surface area contributed by atoms with Gasteiger partial charge in [0.15, 0.2) is 0 Å². The lowest BCUT2D eigenvalue weighted by atomic mass is 9.69. The minimum Gasteiger partial charge on any atom is -0.295 e. The SMILES string of the molecule is CCCCN1C(C)(C)CC(=C2CC(C)(C)N(C)C(C)(C)C2)CC1(C)C. The van der Waals surface area contributed by atoms with Gasteiger partial charge < -0.3 is 0 Å². The van der Waals surface area contributed by atoms with Gasteiger partial charge >= 0.3 is 0 Å². The van der Waals surface area contributed by atoms with Crippen molar-refractivity contribution in [1.29, 1.82) is 0 Å². The Balaban J connectivity index is 2.36. The third kappa shape index (κ3) is 4.16. The molecular formula is C23H44N2. The molecule has 0 atom stereocenters. The zero-order chi connectivity index (χ0) is 19.3. The van der Waals surface area contributed by atoms with Crippen molar-refractivity contribution < 1.29 is 0 Å². The van der Waals surface area contributed by atoms with E-state index in [1.807, 2.05) is 0 Å². The predicted octanol–water partition coefficient (Wildman–Crippen LogP) is 6.02. The number of piperidine rings is 2. The summed E-state index contributed by atoms with van der Waals surface area (Å²) in [6.45, 7) is 23.1. The Morgan fingerprint density at radius 2 is 1.04 bits per heavy atom. The highest BCUT2D eigenvalue weighted by Crippen LogP contribution is 2.47. The molecule has 0 spiro atoms. The molecule has 2 saturated heterocycles. The van der Waals surface area contributed by atoms with Crippen molar-refractivity contribution in [3.05, 3.63) is 11.1 Å². The molecule has 0 aromatic heterocycles. The molecule has 0 radical (unpaired) electrons. The third-order valence-electron chi connectivity index (χ3n) is 7.10. The van der Waals surface area contributed by atoms with E-state index in [1.54, 1.807) is 11.1 Å². The minimum atomic E-state index is 0.248. The summed E-state index contributed by atoms with van der Waals surface area (Å²) in [4.78, 5) is 5.38. The summed E-state index contributed by atoms with van der Waals surface area (Å²) in [6, 6.07) is 0. The van der Waals surface area contributed by atoms with Crippen LogP contribution >= 0.6 is 0 Å². The molecule has 2 fully saturated rings. The number of nitrogens with zero attached hydrogens (tertiary/aromatic N) is 2. The van der Waals surface area contributed by atoms with Crippen molar-refractivity contribution >= 4 is 0 Å². The molecule has 25 heavy (non-hydrogen) atoms. The van der Waals surface area contributed by atoms with Crippen molar-refractivity contribution in [2.75, 3.05) is 13.6 Å². The fourth-order valence-electron chi connectivity index (χ4n) is 5.70. The van der Waals surface area contributed by atoms with Crippen molar-refractivity contribution in [2.24, 2.45) is 0 Å². The summed E-state index contributed by atoms with van der Waals surface area (Å²) in [5.74, 6) is 0. The number of likely N-dealkylation sites (tertiary alicyclic amines) is 2. The standard InChI is InChI=1S/C23H44N2/c1-11-12-13-25-22(6,7)16-19(17-23(25,8)9)18-14-20(2,3)24(10)21(4,5)15-18/h11-17H2,1-10H3. The van der Waals surface area contributed by atoms with Crippen LogP contribution in [0.25, 0.3) is 0 Å². The van der Waals surface area contributed by atoms with Crippen molar-refractivity contribution in [2.45, 2.75) is 123 Å². The Labute approximate surface area is 158 Å². The largest absolute Gasteiger partial charge is 0.295 e. The average molecular weight is 349 g/mol. The van der Waals surface area contributed by atoms with Gasteiger partial charge in [0, 0.05) is 22.2 Å². The number of hydrogen-bond acceptors (Lipinski definition) is 2. The summed E-state index contributed by atoms with van der Waals surface area (Å²) >= 11 is 0. The van der Waals surface area contributed by atoms with E-state index in [1.165, 1.54) is 45.1 Å². The molecule has 0 N–H and O–H groups in total. The summed E-state index contributed by atoms with van der Waals surface area (Å²) < 4.78 is 0. The Kier molecular flexibility index (Phi) is 5.60. The minimum absolute atomic E-state index is 0.248. The molecule has 0 saturated carbocycles. The van der Waals surface area contributed by atoms with Crippen LogP contribution in [0.5, 0.6) is 0 Å². The van der Waals surface area contributed by atoms with E-state index in [9.17, 15) is 0 Å². The van der Waals surface area contributed by atoms with Crippen LogP contribution in [0, 0.1) is 0 Å². The molecule has 2 rings (SSSR count). The highest BCUT2D eigenvalue weighted by Gasteiger charge is 2.46. The maximum Gasteiger partial charge on any atom is 0.0195 e. The molecule has 2 aliphatic rings. The van der Waals surface area contributed by atoms with Gasteiger partial charge in [0.1, 0.15) is 0 Å². The van der Waals surface area contributed by atoms with E-state index in [0.29, 0.717) is 0 Å². The topological polar surface area (TPSA) is 6.48 Å². The maximum absolute atomic E-state index is 2.79. The van der Waals surface area contributed by atoms with Crippen LogP contribution in [0.1, 0.15) is 101 Å². The first-order valence-corrected chi connectivity index (χ1v) is 10.4. The lowest BCUT2D eigenvalue weighted by Gasteiger charge is -2.56. The summed E-state index contributed by atoms with van der Waals surface area (Å²) in [5.41, 5.74) is 4.53. The second-order valence-electron chi connectivity index (χ2n) is 11.2. The predicted molar refractivity (Wildman–Crippen MR) is 111 cm³/mol. The monoisotopic (exact) mass is 348 g/mol. The van der Waals surface area contributed by atoms with Crippen LogP contribution in [0.3, 0.4) is 0 Å². The Bertz CT molecular complexity index is 482. The first kappa shape index (κ1) is 21.0. The molecule has 2 nitrogen and oxygen atoms in total. The summed E-state index contributed by atoms with van der Waals surface area (Å²) in [6.07, 6.45) is 7.53. The second-order valence-corrected chi connectivity index (χ2v) is 11.2. The first-order chi connectivity index (χ1) is 11.2. The molecule has 0 aliphatic carbocycles. The van der Waals surface area contributed by atoms with Gasteiger partial charge in [-0.2, -0.15) is 0 Å². The van der Waals surface area contributed by atoms with E-state index in [0.717, 1.165) is 0 Å². The maximum atomic E-state index is 2.79. The van der Waals surface area contributed by atoms with Gasteiger partial charge in [-0.25, -0.2) is 0 Å². The van der Waals surface area contributed by atoms with Crippen molar-refractivity contribution in [3.63, 3.8) is 0 Å². The molecule has 0 aromatic rings. The molecular weight excluding hydrogens is 304 g/mol. The average Bonchev–Trinajstić information content (AvgIpc) is 2.41. The van der Waals surface area contributed by atoms with Gasteiger partial charge in [0.25, 0.3) is 0 Å². The molecule has 2 heterocycles. The molecule has 0 amide bonds. The highest BCUT2D eigenvalue weighted by molar-refractivity contribution is 5.28. The first-order valence-electron chi connectivity index (χ1n) is 10.4. The van der Waals surface area contributed by atoms with Crippen LogP contribution in [-0.4, -0.2) is 45.5 Å². The number of unbranched alkanes of at least 4 members (excludes halogenated alkanes) is 1. The molecule has 0 unspecified atom stereocenters. The molecule has 0 aromatic carbocycles. The second kappa shape index (κ2) is 6.68. The third-order valence-corrected chi connectivity index (χ3v) is 7.10. The Morgan fingerprint density at radius 1 is 0.680 bits per heavy atom. The Morgan fingerprint density at radius 3 is 1.40 bits per heavy atom. The molecule has 146 valence electrons. The highest BCUT2D eigenvalue weighted by atomic mass is 15.3. The van der Waals surface area contributed by atoms with Gasteiger partial charge in [0.2, 0.25) is 0 Å². The quantitative estimate of drug-likeness (QED) is 0.575. The van der Waals surface area contributed by atoms with Gasteiger partial charge in [-0.1, -0.05) is 24.5 Å². The van der Waals surface area contributed by atoms with E-state index in [2.05, 4.69) is 79.2 Å². The molecule has 0 bridgehead atoms. The van der Waals surface area contributed by atoms with Crippen LogP contribution in [0.4, 0.5) is 0 Å². The number of rotatable bonds is 3. The van der Waals surface area contributed by atoms with E-state index in [-0.39, 0.29) is 22.2 Å². The van der Waals surface area contributed by atoms with Crippen LogP contribution < -0.4 is 0 Å². The normalized spacial score (nSPS) is 29.0. The van der Waals surface area contributed by atoms with Gasteiger partial charge in [0.05, 0.1) is 0 Å². The molecule has 2 heteroatoms. The lowest BCUT2D eigenvalue weighted by Crippen LogP contribution is -2.60. The zero-order valence-corrected chi connectivity index (χ0v) is 18.8. The smallest absolute Gasteiger partial charge is 0.0195 e. The van der Waals surface area contributed by atoms with Crippen LogP contribution in [-0.2, 0) is 0 Å². The van der Waals surface area contributed by atoms with Gasteiger partial charge in [-0.05, 0) is 101 Å². The van der Waals surface area contributed by atoms with Gasteiger partial charge in [-0.3, -0.25) is 9.80 Å². The van der Waals surface area contributed by atoms with Crippen molar-refractivity contribution in [3.8, 4) is 0 Å². The zero-order valence-electron chi connectivity index (χ0n) is 18.8. The molecule has 2 aliphatic heterocycles. The van der Waals surface area contributed by atoms with E-state index in [4.69, 9.17) is 0 Å². The van der Waals surface area contributed by atoms with E-state index < -0.39 is 0 Å². The fraction of sp³-hybridized carbons (Fsp3) is 0.913.